The zero-order chi connectivity index (χ0) is 11.5. The van der Waals surface area contributed by atoms with Gasteiger partial charge in [-0.15, -0.1) is 0 Å². The van der Waals surface area contributed by atoms with Crippen LogP contribution in [0.2, 0.25) is 0 Å². The Balaban J connectivity index is 2.19. The van der Waals surface area contributed by atoms with Crippen LogP contribution in [-0.4, -0.2) is 11.8 Å². The summed E-state index contributed by atoms with van der Waals surface area (Å²) < 4.78 is 0. The van der Waals surface area contributed by atoms with Gasteiger partial charge in [-0.25, -0.2) is 0 Å². The van der Waals surface area contributed by atoms with Gasteiger partial charge in [-0.05, 0) is 30.4 Å². The Kier molecular flexibility index (Phi) is 2.90. The first-order chi connectivity index (χ1) is 7.68. The van der Waals surface area contributed by atoms with Crippen LogP contribution in [-0.2, 0) is 16.0 Å². The fraction of sp³-hybridized carbons (Fsp3) is 0.333. The average Bonchev–Trinajstić information content (AvgIpc) is 2.29. The Morgan fingerprint density at radius 2 is 2.06 bits per heavy atom. The van der Waals surface area contributed by atoms with Crippen molar-refractivity contribution in [2.24, 2.45) is 5.73 Å². The van der Waals surface area contributed by atoms with E-state index in [0.29, 0.717) is 0 Å². The highest BCUT2D eigenvalue weighted by Crippen LogP contribution is 2.29. The number of benzene rings is 1. The number of hydrogen-bond donors (Lipinski definition) is 2. The second-order valence-corrected chi connectivity index (χ2v) is 3.98. The largest absolute Gasteiger partial charge is 0.361 e. The van der Waals surface area contributed by atoms with Gasteiger partial charge in [-0.2, -0.15) is 0 Å². The summed E-state index contributed by atoms with van der Waals surface area (Å²) in [4.78, 5) is 21.9. The lowest BCUT2D eigenvalue weighted by Gasteiger charge is -2.25. The van der Waals surface area contributed by atoms with Gasteiger partial charge in [0.15, 0.2) is 0 Å². The van der Waals surface area contributed by atoms with Crippen molar-refractivity contribution < 1.29 is 9.59 Å². The van der Waals surface area contributed by atoms with Gasteiger partial charge in [0.05, 0.1) is 6.04 Å². The maximum atomic E-state index is 11.2. The molecule has 0 aromatic heterocycles. The monoisotopic (exact) mass is 218 g/mol. The summed E-state index contributed by atoms with van der Waals surface area (Å²) in [6.45, 7) is 0. The molecule has 0 radical (unpaired) electrons. The molecule has 1 aromatic carbocycles. The molecule has 2 rings (SSSR count). The molecule has 1 aliphatic rings. The molecule has 4 nitrogen and oxygen atoms in total. The number of rotatable bonds is 1. The highest BCUT2D eigenvalue weighted by atomic mass is 16.2. The molecular weight excluding hydrogens is 204 g/mol. The molecule has 0 aliphatic heterocycles. The van der Waals surface area contributed by atoms with E-state index in [1.54, 1.807) is 0 Å². The summed E-state index contributed by atoms with van der Waals surface area (Å²) in [6.07, 6.45) is 2.90. The number of aryl methyl sites for hydroxylation is 1. The van der Waals surface area contributed by atoms with Gasteiger partial charge >= 0.3 is 11.8 Å². The molecule has 0 saturated heterocycles. The molecule has 0 saturated carbocycles. The molecule has 0 spiro atoms. The van der Waals surface area contributed by atoms with E-state index in [-0.39, 0.29) is 6.04 Å². The van der Waals surface area contributed by atoms with Crippen molar-refractivity contribution in [1.29, 1.82) is 0 Å². The van der Waals surface area contributed by atoms with Crippen molar-refractivity contribution in [2.75, 3.05) is 0 Å². The Labute approximate surface area is 93.8 Å². The van der Waals surface area contributed by atoms with Crippen LogP contribution in [0, 0.1) is 0 Å². The minimum Gasteiger partial charge on any atom is -0.361 e. The zero-order valence-corrected chi connectivity index (χ0v) is 8.90. The van der Waals surface area contributed by atoms with E-state index >= 15 is 0 Å². The summed E-state index contributed by atoms with van der Waals surface area (Å²) >= 11 is 0. The van der Waals surface area contributed by atoms with Crippen LogP contribution in [0.25, 0.3) is 0 Å². The normalized spacial score (nSPS) is 18.6. The number of carbonyl (C=O) groups excluding carboxylic acids is 2. The Morgan fingerprint density at radius 3 is 2.81 bits per heavy atom. The van der Waals surface area contributed by atoms with E-state index in [4.69, 9.17) is 5.73 Å². The van der Waals surface area contributed by atoms with Crippen molar-refractivity contribution in [2.45, 2.75) is 25.3 Å². The highest BCUT2D eigenvalue weighted by molar-refractivity contribution is 6.34. The lowest BCUT2D eigenvalue weighted by atomic mass is 9.88. The molecule has 1 aliphatic carbocycles. The fourth-order valence-corrected chi connectivity index (χ4v) is 2.13. The Hall–Kier alpha value is -1.84. The van der Waals surface area contributed by atoms with Crippen LogP contribution in [0.3, 0.4) is 0 Å². The van der Waals surface area contributed by atoms with Crippen molar-refractivity contribution in [1.82, 2.24) is 5.32 Å². The second kappa shape index (κ2) is 4.35. The zero-order valence-electron chi connectivity index (χ0n) is 8.90. The quantitative estimate of drug-likeness (QED) is 0.680. The molecular formula is C12H14N2O2. The Morgan fingerprint density at radius 1 is 1.31 bits per heavy atom. The number of nitrogens with two attached hydrogens (primary N) is 1. The smallest absolute Gasteiger partial charge is 0.309 e. The lowest BCUT2D eigenvalue weighted by molar-refractivity contribution is -0.137. The molecule has 84 valence electrons. The van der Waals surface area contributed by atoms with E-state index in [1.807, 2.05) is 18.2 Å². The first-order valence-corrected chi connectivity index (χ1v) is 5.36. The van der Waals surface area contributed by atoms with E-state index in [1.165, 1.54) is 5.56 Å². The third kappa shape index (κ3) is 2.05. The van der Waals surface area contributed by atoms with Gasteiger partial charge in [0, 0.05) is 0 Å². The maximum Gasteiger partial charge on any atom is 0.309 e. The van der Waals surface area contributed by atoms with Crippen LogP contribution in [0.15, 0.2) is 24.3 Å². The fourth-order valence-electron chi connectivity index (χ4n) is 2.13. The number of fused-ring (bicyclic) bond motifs is 1. The first-order valence-electron chi connectivity index (χ1n) is 5.36. The number of amides is 2. The third-order valence-electron chi connectivity index (χ3n) is 2.90. The van der Waals surface area contributed by atoms with Gasteiger partial charge in [0.1, 0.15) is 0 Å². The molecule has 0 unspecified atom stereocenters. The molecule has 0 heterocycles. The number of hydrogen-bond acceptors (Lipinski definition) is 2. The van der Waals surface area contributed by atoms with Crippen molar-refractivity contribution >= 4 is 11.8 Å². The lowest BCUT2D eigenvalue weighted by Crippen LogP contribution is -2.39. The molecule has 16 heavy (non-hydrogen) atoms. The molecule has 1 aromatic rings. The molecule has 1 atom stereocenters. The van der Waals surface area contributed by atoms with Crippen LogP contribution in [0.5, 0.6) is 0 Å². The molecule has 0 bridgehead atoms. The van der Waals surface area contributed by atoms with Gasteiger partial charge in [0.2, 0.25) is 0 Å². The first kappa shape index (κ1) is 10.7. The van der Waals surface area contributed by atoms with Crippen molar-refractivity contribution in [3.05, 3.63) is 35.4 Å². The van der Waals surface area contributed by atoms with Crippen molar-refractivity contribution in [3.63, 3.8) is 0 Å². The summed E-state index contributed by atoms with van der Waals surface area (Å²) in [7, 11) is 0. The van der Waals surface area contributed by atoms with Gasteiger partial charge < -0.3 is 11.1 Å². The molecule has 0 fully saturated rings. The molecule has 2 amide bonds. The standard InChI is InChI=1S/C12H14N2O2/c13-11(15)12(16)14-10-7-3-5-8-4-1-2-6-9(8)10/h1-2,4,6,10H,3,5,7H2,(H2,13,15)(H,14,16)/t10-/m1/s1. The van der Waals surface area contributed by atoms with Crippen LogP contribution in [0.1, 0.15) is 30.0 Å². The van der Waals surface area contributed by atoms with Gasteiger partial charge in [0.25, 0.3) is 0 Å². The molecule has 4 heteroatoms. The van der Waals surface area contributed by atoms with Gasteiger partial charge in [-0.3, -0.25) is 9.59 Å². The highest BCUT2D eigenvalue weighted by Gasteiger charge is 2.22. The Bertz CT molecular complexity index is 429. The summed E-state index contributed by atoms with van der Waals surface area (Å²) in [6, 6.07) is 7.88. The van der Waals surface area contributed by atoms with Crippen LogP contribution < -0.4 is 11.1 Å². The molecule has 3 N–H and O–H groups in total. The van der Waals surface area contributed by atoms with Crippen LogP contribution >= 0.6 is 0 Å². The summed E-state index contributed by atoms with van der Waals surface area (Å²) in [5.41, 5.74) is 7.26. The minimum atomic E-state index is -0.928. The SMILES string of the molecule is NC(=O)C(=O)N[C@@H]1CCCc2ccccc21. The third-order valence-corrected chi connectivity index (χ3v) is 2.90. The topological polar surface area (TPSA) is 72.2 Å². The predicted octanol–water partition coefficient (Wildman–Crippen LogP) is 0.665. The summed E-state index contributed by atoms with van der Waals surface area (Å²) in [5.74, 6) is -1.63. The number of primary amides is 1. The van der Waals surface area contributed by atoms with Crippen LogP contribution in [0.4, 0.5) is 0 Å². The summed E-state index contributed by atoms with van der Waals surface area (Å²) in [5, 5.41) is 2.66. The van der Waals surface area contributed by atoms with E-state index in [9.17, 15) is 9.59 Å². The second-order valence-electron chi connectivity index (χ2n) is 3.98. The maximum absolute atomic E-state index is 11.2. The van der Waals surface area contributed by atoms with Crippen molar-refractivity contribution in [3.8, 4) is 0 Å². The number of carbonyl (C=O) groups is 2. The van der Waals surface area contributed by atoms with E-state index in [2.05, 4.69) is 11.4 Å². The van der Waals surface area contributed by atoms with Gasteiger partial charge in [-0.1, -0.05) is 24.3 Å². The van der Waals surface area contributed by atoms with E-state index < -0.39 is 11.8 Å². The number of nitrogens with one attached hydrogen (secondary N) is 1. The minimum absolute atomic E-state index is 0.0788. The van der Waals surface area contributed by atoms with E-state index in [0.717, 1.165) is 24.8 Å². The average molecular weight is 218 g/mol. The predicted molar refractivity (Wildman–Crippen MR) is 59.5 cm³/mol.